The van der Waals surface area contributed by atoms with E-state index in [1.807, 2.05) is 13.8 Å². The lowest BCUT2D eigenvalue weighted by Gasteiger charge is -2.34. The lowest BCUT2D eigenvalue weighted by molar-refractivity contribution is -0.137. The fraction of sp³-hybridized carbons (Fsp3) is 0.650. The van der Waals surface area contributed by atoms with Crippen molar-refractivity contribution in [2.75, 3.05) is 11.9 Å². The van der Waals surface area contributed by atoms with Crippen LogP contribution in [0.5, 0.6) is 0 Å². The molecule has 3 N–H and O–H groups in total. The van der Waals surface area contributed by atoms with E-state index < -0.39 is 5.91 Å². The fourth-order valence-corrected chi connectivity index (χ4v) is 4.70. The first-order valence-electron chi connectivity index (χ1n) is 9.84. The molecule has 1 aromatic rings. The Morgan fingerprint density at radius 2 is 1.85 bits per heavy atom. The van der Waals surface area contributed by atoms with Gasteiger partial charge in [-0.15, -0.1) is 11.3 Å². The van der Waals surface area contributed by atoms with E-state index in [9.17, 15) is 14.4 Å². The van der Waals surface area contributed by atoms with Crippen LogP contribution in [0.4, 0.5) is 5.00 Å². The van der Waals surface area contributed by atoms with E-state index in [2.05, 4.69) is 12.2 Å². The molecule has 1 aromatic heterocycles. The molecule has 150 valence electrons. The predicted molar refractivity (Wildman–Crippen MR) is 109 cm³/mol. The summed E-state index contributed by atoms with van der Waals surface area (Å²) in [5.74, 6) is -0.767. The molecular weight excluding hydrogens is 362 g/mol. The van der Waals surface area contributed by atoms with Gasteiger partial charge in [0.1, 0.15) is 11.5 Å². The van der Waals surface area contributed by atoms with E-state index in [1.54, 1.807) is 4.90 Å². The van der Waals surface area contributed by atoms with Gasteiger partial charge in [-0.2, -0.15) is 0 Å². The molecule has 0 spiro atoms. The third-order valence-corrected chi connectivity index (χ3v) is 6.40. The summed E-state index contributed by atoms with van der Waals surface area (Å²) >= 11 is 1.35. The van der Waals surface area contributed by atoms with Crippen LogP contribution in [0.3, 0.4) is 0 Å². The number of unbranched alkanes of at least 4 members (excludes halogenated alkanes) is 1. The van der Waals surface area contributed by atoms with Gasteiger partial charge in [-0.3, -0.25) is 14.4 Å². The van der Waals surface area contributed by atoms with Crippen LogP contribution >= 0.6 is 11.3 Å². The fourth-order valence-electron chi connectivity index (χ4n) is 3.62. The minimum absolute atomic E-state index is 0.0292. The topological polar surface area (TPSA) is 92.5 Å². The lowest BCUT2D eigenvalue weighted by Crippen LogP contribution is -2.45. The Balaban J connectivity index is 2.12. The Bertz CT molecular complexity index is 693. The Morgan fingerprint density at radius 3 is 2.44 bits per heavy atom. The SMILES string of the molecule is CCCCC(=O)N(CC(=O)Nc1sc(C)c(C)c1C(N)=O)C1CCCCC1. The average molecular weight is 394 g/mol. The van der Waals surface area contributed by atoms with Crippen molar-refractivity contribution in [1.82, 2.24) is 4.90 Å². The molecule has 0 unspecified atom stereocenters. The molecule has 6 nitrogen and oxygen atoms in total. The molecule has 1 saturated carbocycles. The molecule has 0 aromatic carbocycles. The number of nitrogens with zero attached hydrogens (tertiary/aromatic N) is 1. The predicted octanol–water partition coefficient (Wildman–Crippen LogP) is 3.75. The third-order valence-electron chi connectivity index (χ3n) is 5.28. The number of amides is 3. The Morgan fingerprint density at radius 1 is 1.19 bits per heavy atom. The molecule has 1 aliphatic rings. The second-order valence-corrected chi connectivity index (χ2v) is 8.54. The second-order valence-electron chi connectivity index (χ2n) is 7.32. The minimum Gasteiger partial charge on any atom is -0.365 e. The van der Waals surface area contributed by atoms with Crippen molar-refractivity contribution in [2.45, 2.75) is 78.2 Å². The van der Waals surface area contributed by atoms with Gasteiger partial charge in [-0.25, -0.2) is 0 Å². The van der Waals surface area contributed by atoms with Crippen LogP contribution < -0.4 is 11.1 Å². The zero-order valence-corrected chi connectivity index (χ0v) is 17.4. The number of primary amides is 1. The summed E-state index contributed by atoms with van der Waals surface area (Å²) < 4.78 is 0. The smallest absolute Gasteiger partial charge is 0.251 e. The molecule has 1 aliphatic carbocycles. The van der Waals surface area contributed by atoms with Gasteiger partial charge in [-0.1, -0.05) is 32.6 Å². The molecule has 0 atom stereocenters. The second kappa shape index (κ2) is 9.88. The van der Waals surface area contributed by atoms with Crippen molar-refractivity contribution in [3.8, 4) is 0 Å². The minimum atomic E-state index is -0.546. The molecule has 0 aliphatic heterocycles. The highest BCUT2D eigenvalue weighted by Crippen LogP contribution is 2.32. The Hall–Kier alpha value is -1.89. The number of nitrogens with one attached hydrogen (secondary N) is 1. The Labute approximate surface area is 165 Å². The van der Waals surface area contributed by atoms with Crippen molar-refractivity contribution in [1.29, 1.82) is 0 Å². The number of rotatable bonds is 8. The molecule has 1 fully saturated rings. The van der Waals surface area contributed by atoms with Crippen LogP contribution in [0.25, 0.3) is 0 Å². The number of anilines is 1. The first-order valence-corrected chi connectivity index (χ1v) is 10.7. The maximum absolute atomic E-state index is 12.7. The van der Waals surface area contributed by atoms with Crippen molar-refractivity contribution < 1.29 is 14.4 Å². The van der Waals surface area contributed by atoms with E-state index in [0.29, 0.717) is 17.0 Å². The van der Waals surface area contributed by atoms with Gasteiger partial charge in [0, 0.05) is 17.3 Å². The van der Waals surface area contributed by atoms with Gasteiger partial charge in [0.2, 0.25) is 11.8 Å². The van der Waals surface area contributed by atoms with Crippen molar-refractivity contribution in [3.05, 3.63) is 16.0 Å². The van der Waals surface area contributed by atoms with Crippen molar-refractivity contribution in [3.63, 3.8) is 0 Å². The highest BCUT2D eigenvalue weighted by Gasteiger charge is 2.28. The van der Waals surface area contributed by atoms with E-state index in [0.717, 1.165) is 49.0 Å². The monoisotopic (exact) mass is 393 g/mol. The maximum Gasteiger partial charge on any atom is 0.251 e. The number of thiophene rings is 1. The van der Waals surface area contributed by atoms with E-state index in [-0.39, 0.29) is 24.4 Å². The van der Waals surface area contributed by atoms with E-state index in [4.69, 9.17) is 5.73 Å². The van der Waals surface area contributed by atoms with E-state index >= 15 is 0 Å². The molecule has 0 saturated heterocycles. The van der Waals surface area contributed by atoms with E-state index in [1.165, 1.54) is 17.8 Å². The van der Waals surface area contributed by atoms with Gasteiger partial charge in [0.05, 0.1) is 5.56 Å². The highest BCUT2D eigenvalue weighted by molar-refractivity contribution is 7.16. The zero-order valence-electron chi connectivity index (χ0n) is 16.6. The first-order chi connectivity index (χ1) is 12.8. The van der Waals surface area contributed by atoms with Crippen LogP contribution in [-0.4, -0.2) is 35.2 Å². The largest absolute Gasteiger partial charge is 0.365 e. The molecule has 0 radical (unpaired) electrons. The summed E-state index contributed by atoms with van der Waals surface area (Å²) in [7, 11) is 0. The van der Waals surface area contributed by atoms with Crippen LogP contribution in [0.2, 0.25) is 0 Å². The molecule has 2 rings (SSSR count). The van der Waals surface area contributed by atoms with Gasteiger partial charge in [0.15, 0.2) is 0 Å². The summed E-state index contributed by atoms with van der Waals surface area (Å²) in [6.45, 7) is 5.80. The van der Waals surface area contributed by atoms with Gasteiger partial charge < -0.3 is 16.0 Å². The molecule has 1 heterocycles. The average Bonchev–Trinajstić information content (AvgIpc) is 2.92. The van der Waals surface area contributed by atoms with Gasteiger partial charge in [0.25, 0.3) is 5.91 Å². The number of carbonyl (C=O) groups is 3. The third kappa shape index (κ3) is 5.54. The van der Waals surface area contributed by atoms with Crippen LogP contribution in [-0.2, 0) is 9.59 Å². The zero-order chi connectivity index (χ0) is 20.0. The normalized spacial score (nSPS) is 14.8. The van der Waals surface area contributed by atoms with Gasteiger partial charge >= 0.3 is 0 Å². The summed E-state index contributed by atoms with van der Waals surface area (Å²) in [4.78, 5) is 39.8. The van der Waals surface area contributed by atoms with Crippen LogP contribution in [0.1, 0.15) is 79.1 Å². The standard InChI is InChI=1S/C20H31N3O3S/c1-4-5-11-17(25)23(15-9-7-6-8-10-15)12-16(24)22-20-18(19(21)26)13(2)14(3)27-20/h15H,4-12H2,1-3H3,(H2,21,26)(H,22,24). The first kappa shape index (κ1) is 21.4. The highest BCUT2D eigenvalue weighted by atomic mass is 32.1. The number of carbonyl (C=O) groups excluding carboxylic acids is 3. The number of aryl methyl sites for hydroxylation is 1. The summed E-state index contributed by atoms with van der Waals surface area (Å²) in [6.07, 6.45) is 7.55. The summed E-state index contributed by atoms with van der Waals surface area (Å²) in [6, 6.07) is 0.135. The number of hydrogen-bond acceptors (Lipinski definition) is 4. The Kier molecular flexibility index (Phi) is 7.83. The van der Waals surface area contributed by atoms with Crippen molar-refractivity contribution >= 4 is 34.1 Å². The van der Waals surface area contributed by atoms with Crippen LogP contribution in [0, 0.1) is 13.8 Å². The number of hydrogen-bond donors (Lipinski definition) is 2. The maximum atomic E-state index is 12.7. The molecular formula is C20H31N3O3S. The molecule has 3 amide bonds. The van der Waals surface area contributed by atoms with Crippen LogP contribution in [0.15, 0.2) is 0 Å². The lowest BCUT2D eigenvalue weighted by atomic mass is 9.93. The summed E-state index contributed by atoms with van der Waals surface area (Å²) in [5.41, 5.74) is 6.64. The van der Waals surface area contributed by atoms with Gasteiger partial charge in [-0.05, 0) is 38.7 Å². The summed E-state index contributed by atoms with van der Waals surface area (Å²) in [5, 5.41) is 3.30. The molecule has 7 heteroatoms. The molecule has 27 heavy (non-hydrogen) atoms. The quantitative estimate of drug-likeness (QED) is 0.704. The number of nitrogens with two attached hydrogens (primary N) is 1. The van der Waals surface area contributed by atoms with Crippen molar-refractivity contribution in [2.24, 2.45) is 5.73 Å². The molecule has 0 bridgehead atoms.